The Balaban J connectivity index is 2.71. The molecule has 0 aliphatic heterocycles. The van der Waals surface area contributed by atoms with E-state index >= 15 is 0 Å². The molecule has 0 aliphatic carbocycles. The van der Waals surface area contributed by atoms with E-state index in [-0.39, 0.29) is 0 Å². The molecule has 2 heteroatoms. The molecule has 0 bridgehead atoms. The summed E-state index contributed by atoms with van der Waals surface area (Å²) in [6.07, 6.45) is 2.80. The maximum Gasteiger partial charge on any atom is 0.328 e. The average molecular weight is 190 g/mol. The molecule has 1 N–H and O–H groups in total. The van der Waals surface area contributed by atoms with Crippen molar-refractivity contribution in [1.82, 2.24) is 0 Å². The maximum atomic E-state index is 10.5. The largest absolute Gasteiger partial charge is 0.478 e. The smallest absolute Gasteiger partial charge is 0.328 e. The number of allylic oxidation sites excluding steroid dienone is 1. The fraction of sp³-hybridized carbons (Fsp3) is 0.250. The number of carboxylic acid groups (broad SMARTS) is 1. The summed E-state index contributed by atoms with van der Waals surface area (Å²) >= 11 is 0. The van der Waals surface area contributed by atoms with E-state index < -0.39 is 5.97 Å². The second-order valence-electron chi connectivity index (χ2n) is 3.16. The molecule has 0 atom stereocenters. The molecular weight excluding hydrogens is 176 g/mol. The molecule has 0 unspecified atom stereocenters. The van der Waals surface area contributed by atoms with Gasteiger partial charge < -0.3 is 5.11 Å². The van der Waals surface area contributed by atoms with E-state index in [1.54, 1.807) is 0 Å². The minimum atomic E-state index is -0.863. The third-order valence-electron chi connectivity index (χ3n) is 2.06. The Bertz CT molecular complexity index is 325. The zero-order valence-corrected chi connectivity index (χ0v) is 8.23. The highest BCUT2D eigenvalue weighted by atomic mass is 16.4. The van der Waals surface area contributed by atoms with Crippen LogP contribution < -0.4 is 0 Å². The number of rotatable bonds is 4. The highest BCUT2D eigenvalue weighted by molar-refractivity contribution is 5.80. The van der Waals surface area contributed by atoms with Gasteiger partial charge in [0.2, 0.25) is 0 Å². The summed E-state index contributed by atoms with van der Waals surface area (Å²) in [7, 11) is 0. The fourth-order valence-electron chi connectivity index (χ4n) is 1.31. The summed E-state index contributed by atoms with van der Waals surface area (Å²) in [6, 6.07) is 9.89. The topological polar surface area (TPSA) is 37.3 Å². The molecule has 0 heterocycles. The first-order chi connectivity index (χ1) is 6.72. The van der Waals surface area contributed by atoms with Crippen LogP contribution in [0.15, 0.2) is 42.0 Å². The van der Waals surface area contributed by atoms with Crippen molar-refractivity contribution in [2.75, 3.05) is 0 Å². The molecule has 0 saturated carbocycles. The Morgan fingerprint density at radius 2 is 2.00 bits per heavy atom. The first-order valence-corrected chi connectivity index (χ1v) is 4.68. The van der Waals surface area contributed by atoms with Crippen molar-refractivity contribution in [1.29, 1.82) is 0 Å². The van der Waals surface area contributed by atoms with Crippen LogP contribution in [-0.2, 0) is 11.2 Å². The molecule has 74 valence electrons. The van der Waals surface area contributed by atoms with Crippen molar-refractivity contribution in [3.8, 4) is 0 Å². The third-order valence-corrected chi connectivity index (χ3v) is 2.06. The Kier molecular flexibility index (Phi) is 3.92. The van der Waals surface area contributed by atoms with Gasteiger partial charge in [0.05, 0.1) is 0 Å². The molecule has 0 saturated heterocycles. The molecule has 14 heavy (non-hydrogen) atoms. The third kappa shape index (κ3) is 3.44. The van der Waals surface area contributed by atoms with Crippen molar-refractivity contribution in [3.05, 3.63) is 47.5 Å². The van der Waals surface area contributed by atoms with Gasteiger partial charge in [0.25, 0.3) is 0 Å². The molecule has 0 aromatic heterocycles. The Morgan fingerprint density at radius 3 is 2.50 bits per heavy atom. The van der Waals surface area contributed by atoms with Gasteiger partial charge in [-0.15, -0.1) is 0 Å². The normalized spacial score (nSPS) is 11.4. The zero-order valence-electron chi connectivity index (χ0n) is 8.23. The molecule has 2 nitrogen and oxygen atoms in total. The van der Waals surface area contributed by atoms with Gasteiger partial charge in [-0.05, 0) is 18.4 Å². The number of hydrogen-bond donors (Lipinski definition) is 1. The Labute approximate surface area is 83.9 Å². The van der Waals surface area contributed by atoms with E-state index in [0.29, 0.717) is 0 Å². The maximum absolute atomic E-state index is 10.5. The predicted molar refractivity (Wildman–Crippen MR) is 56.2 cm³/mol. The molecular formula is C12H14O2. The highest BCUT2D eigenvalue weighted by Gasteiger charge is 1.99. The summed E-state index contributed by atoms with van der Waals surface area (Å²) in [5, 5.41) is 8.62. The van der Waals surface area contributed by atoms with Gasteiger partial charge in [-0.25, -0.2) is 4.79 Å². The van der Waals surface area contributed by atoms with Crippen LogP contribution >= 0.6 is 0 Å². The van der Waals surface area contributed by atoms with Gasteiger partial charge in [-0.1, -0.05) is 42.8 Å². The van der Waals surface area contributed by atoms with Crippen LogP contribution in [0, 0.1) is 0 Å². The van der Waals surface area contributed by atoms with Gasteiger partial charge in [0, 0.05) is 6.08 Å². The van der Waals surface area contributed by atoms with Crippen LogP contribution in [0.5, 0.6) is 0 Å². The standard InChI is InChI=1S/C12H14O2/c1-2-10(9-12(13)14)8-11-6-4-3-5-7-11/h3-7,9H,2,8H2,1H3,(H,13,14)/b10-9-. The first kappa shape index (κ1) is 10.5. The van der Waals surface area contributed by atoms with E-state index in [2.05, 4.69) is 0 Å². The van der Waals surface area contributed by atoms with Gasteiger partial charge in [-0.2, -0.15) is 0 Å². The fourth-order valence-corrected chi connectivity index (χ4v) is 1.31. The number of carboxylic acids is 1. The van der Waals surface area contributed by atoms with Crippen molar-refractivity contribution in [2.45, 2.75) is 19.8 Å². The van der Waals surface area contributed by atoms with Gasteiger partial charge in [0.1, 0.15) is 0 Å². The van der Waals surface area contributed by atoms with Crippen LogP contribution in [0.1, 0.15) is 18.9 Å². The number of benzene rings is 1. The molecule has 0 spiro atoms. The van der Waals surface area contributed by atoms with E-state index in [4.69, 9.17) is 5.11 Å². The lowest BCUT2D eigenvalue weighted by Gasteiger charge is -2.03. The summed E-state index contributed by atoms with van der Waals surface area (Å²) in [5.74, 6) is -0.863. The van der Waals surface area contributed by atoms with E-state index in [9.17, 15) is 4.79 Å². The zero-order chi connectivity index (χ0) is 10.4. The van der Waals surface area contributed by atoms with Crippen LogP contribution in [0.4, 0.5) is 0 Å². The number of carbonyl (C=O) groups is 1. The molecule has 0 amide bonds. The van der Waals surface area contributed by atoms with Crippen molar-refractivity contribution in [2.24, 2.45) is 0 Å². The van der Waals surface area contributed by atoms with Gasteiger partial charge >= 0.3 is 5.97 Å². The van der Waals surface area contributed by atoms with Crippen LogP contribution in [0.2, 0.25) is 0 Å². The van der Waals surface area contributed by atoms with E-state index in [1.807, 2.05) is 37.3 Å². The number of hydrogen-bond acceptors (Lipinski definition) is 1. The van der Waals surface area contributed by atoms with Crippen molar-refractivity contribution < 1.29 is 9.90 Å². The molecule has 1 aromatic rings. The minimum absolute atomic E-state index is 0.726. The minimum Gasteiger partial charge on any atom is -0.478 e. The van der Waals surface area contributed by atoms with Gasteiger partial charge in [0.15, 0.2) is 0 Å². The molecule has 0 fully saturated rings. The lowest BCUT2D eigenvalue weighted by molar-refractivity contribution is -0.131. The van der Waals surface area contributed by atoms with Crippen LogP contribution in [0.3, 0.4) is 0 Å². The first-order valence-electron chi connectivity index (χ1n) is 4.68. The van der Waals surface area contributed by atoms with Gasteiger partial charge in [-0.3, -0.25) is 0 Å². The quantitative estimate of drug-likeness (QED) is 0.741. The summed E-state index contributed by atoms with van der Waals surface area (Å²) in [4.78, 5) is 10.5. The molecule has 1 rings (SSSR count). The molecule has 0 radical (unpaired) electrons. The highest BCUT2D eigenvalue weighted by Crippen LogP contribution is 2.10. The average Bonchev–Trinajstić information content (AvgIpc) is 2.17. The summed E-state index contributed by atoms with van der Waals surface area (Å²) in [6.45, 7) is 1.97. The lowest BCUT2D eigenvalue weighted by atomic mass is 10.0. The molecule has 1 aromatic carbocycles. The van der Waals surface area contributed by atoms with Crippen LogP contribution in [0.25, 0.3) is 0 Å². The predicted octanol–water partition coefficient (Wildman–Crippen LogP) is 2.65. The Morgan fingerprint density at radius 1 is 1.36 bits per heavy atom. The lowest BCUT2D eigenvalue weighted by Crippen LogP contribution is -1.95. The Hall–Kier alpha value is -1.57. The van der Waals surface area contributed by atoms with Crippen molar-refractivity contribution in [3.63, 3.8) is 0 Å². The monoisotopic (exact) mass is 190 g/mol. The second-order valence-corrected chi connectivity index (χ2v) is 3.16. The second kappa shape index (κ2) is 5.22. The SMILES string of the molecule is CC/C(=C/C(=O)O)Cc1ccccc1. The summed E-state index contributed by atoms with van der Waals surface area (Å²) < 4.78 is 0. The number of aliphatic carboxylic acids is 1. The van der Waals surface area contributed by atoms with Crippen molar-refractivity contribution >= 4 is 5.97 Å². The molecule has 0 aliphatic rings. The van der Waals surface area contributed by atoms with E-state index in [1.165, 1.54) is 6.08 Å². The van der Waals surface area contributed by atoms with E-state index in [0.717, 1.165) is 24.0 Å². The van der Waals surface area contributed by atoms with Crippen LogP contribution in [-0.4, -0.2) is 11.1 Å². The summed E-state index contributed by atoms with van der Waals surface area (Å²) in [5.41, 5.74) is 2.10.